The number of nitrogens with zero attached hydrogens (tertiary/aromatic N) is 1. The Labute approximate surface area is 182 Å². The minimum Gasteiger partial charge on any atom is -0.465 e. The molecule has 3 aromatic rings. The molecule has 1 N–H and O–H groups in total. The van der Waals surface area contributed by atoms with Crippen LogP contribution in [0.5, 0.6) is 0 Å². The highest BCUT2D eigenvalue weighted by molar-refractivity contribution is 8.01. The Kier molecular flexibility index (Phi) is 6.85. The fourth-order valence-electron chi connectivity index (χ4n) is 2.64. The maximum absolute atomic E-state index is 12.6. The monoisotopic (exact) mass is 470 g/mol. The molecule has 154 valence electrons. The van der Waals surface area contributed by atoms with E-state index in [9.17, 15) is 13.2 Å². The maximum Gasteiger partial charge on any atom is 0.338 e. The molecule has 0 saturated heterocycles. The first-order chi connectivity index (χ1) is 13.7. The van der Waals surface area contributed by atoms with Crippen LogP contribution in [0.4, 0.5) is 0 Å². The van der Waals surface area contributed by atoms with Gasteiger partial charge in [0, 0.05) is 17.3 Å². The average molecular weight is 471 g/mol. The van der Waals surface area contributed by atoms with Gasteiger partial charge in [-0.25, -0.2) is 22.9 Å². The van der Waals surface area contributed by atoms with Crippen molar-refractivity contribution in [3.05, 3.63) is 52.0 Å². The van der Waals surface area contributed by atoms with E-state index in [0.717, 1.165) is 14.6 Å². The number of methoxy groups -OCH3 is 1. The molecule has 0 aliphatic rings. The van der Waals surface area contributed by atoms with E-state index in [1.807, 2.05) is 12.1 Å². The van der Waals surface area contributed by atoms with E-state index >= 15 is 0 Å². The second-order valence-electron chi connectivity index (χ2n) is 6.24. The van der Waals surface area contributed by atoms with Crippen molar-refractivity contribution < 1.29 is 17.9 Å². The zero-order valence-electron chi connectivity index (χ0n) is 16.0. The number of aromatic nitrogens is 1. The van der Waals surface area contributed by atoms with Gasteiger partial charge < -0.3 is 4.74 Å². The van der Waals surface area contributed by atoms with Crippen LogP contribution in [0.3, 0.4) is 0 Å². The van der Waals surface area contributed by atoms with Crippen LogP contribution in [0.2, 0.25) is 5.02 Å². The molecule has 6 nitrogen and oxygen atoms in total. The molecule has 0 aliphatic carbocycles. The minimum atomic E-state index is -3.75. The van der Waals surface area contributed by atoms with Gasteiger partial charge >= 0.3 is 5.97 Å². The van der Waals surface area contributed by atoms with E-state index < -0.39 is 16.0 Å². The molecule has 10 heteroatoms. The first-order valence-corrected chi connectivity index (χ1v) is 12.3. The normalized spacial score (nSPS) is 11.7. The lowest BCUT2D eigenvalue weighted by molar-refractivity contribution is 0.0599. The number of hydrogen-bond acceptors (Lipinski definition) is 7. The van der Waals surface area contributed by atoms with Gasteiger partial charge in [-0.2, -0.15) is 0 Å². The number of fused-ring (bicyclic) bond motifs is 1. The van der Waals surface area contributed by atoms with Crippen molar-refractivity contribution in [1.82, 2.24) is 9.71 Å². The first-order valence-electron chi connectivity index (χ1n) is 8.59. The maximum atomic E-state index is 12.6. The number of rotatable bonds is 7. The van der Waals surface area contributed by atoms with Crippen molar-refractivity contribution in [1.29, 1.82) is 0 Å². The fourth-order valence-corrected chi connectivity index (χ4v) is 6.05. The molecular weight excluding hydrogens is 452 g/mol. The number of benzene rings is 2. The molecule has 0 aliphatic heterocycles. The Bertz CT molecular complexity index is 1180. The average Bonchev–Trinajstić information content (AvgIpc) is 3.08. The number of halogens is 1. The Morgan fingerprint density at radius 1 is 1.28 bits per heavy atom. The lowest BCUT2D eigenvalue weighted by atomic mass is 10.0. The summed E-state index contributed by atoms with van der Waals surface area (Å²) >= 11 is 8.98. The second-order valence-corrected chi connectivity index (χ2v) is 10.8. The summed E-state index contributed by atoms with van der Waals surface area (Å²) in [4.78, 5) is 16.5. The summed E-state index contributed by atoms with van der Waals surface area (Å²) in [6.07, 6.45) is 0. The van der Waals surface area contributed by atoms with Crippen LogP contribution in [0.25, 0.3) is 10.2 Å². The van der Waals surface area contributed by atoms with E-state index in [1.54, 1.807) is 26.0 Å². The number of ether oxygens (including phenoxy) is 1. The zero-order valence-corrected chi connectivity index (χ0v) is 19.2. The van der Waals surface area contributed by atoms with Crippen molar-refractivity contribution in [3.63, 3.8) is 0 Å². The van der Waals surface area contributed by atoms with Crippen LogP contribution in [-0.4, -0.2) is 38.8 Å². The van der Waals surface area contributed by atoms with E-state index in [4.69, 9.17) is 16.3 Å². The van der Waals surface area contributed by atoms with Crippen molar-refractivity contribution >= 4 is 60.9 Å². The molecule has 0 saturated carbocycles. The fraction of sp³-hybridized carbons (Fsp3) is 0.263. The number of hydrogen-bond donors (Lipinski definition) is 1. The summed E-state index contributed by atoms with van der Waals surface area (Å²) in [5.41, 5.74) is 2.48. The van der Waals surface area contributed by atoms with Crippen LogP contribution in [0.1, 0.15) is 21.5 Å². The predicted molar refractivity (Wildman–Crippen MR) is 118 cm³/mol. The van der Waals surface area contributed by atoms with Gasteiger partial charge in [0.1, 0.15) is 0 Å². The molecule has 0 spiro atoms. The Hall–Kier alpha value is -1.65. The molecule has 1 aromatic heterocycles. The van der Waals surface area contributed by atoms with E-state index in [0.29, 0.717) is 21.9 Å². The van der Waals surface area contributed by atoms with Crippen molar-refractivity contribution in [2.75, 3.05) is 19.4 Å². The van der Waals surface area contributed by atoms with Gasteiger partial charge in [-0.15, -0.1) is 11.3 Å². The molecule has 0 radical (unpaired) electrons. The summed E-state index contributed by atoms with van der Waals surface area (Å²) in [6.45, 7) is 3.74. The number of aryl methyl sites for hydroxylation is 1. The number of carbonyl (C=O) groups excluding carboxylic acids is 1. The number of thiazole rings is 1. The Balaban J connectivity index is 1.66. The molecule has 0 fully saturated rings. The molecule has 3 rings (SSSR count). The summed E-state index contributed by atoms with van der Waals surface area (Å²) in [5.74, 6) is -0.0456. The van der Waals surface area contributed by atoms with Crippen LogP contribution in [0.15, 0.2) is 39.6 Å². The quantitative estimate of drug-likeness (QED) is 0.312. The SMILES string of the molecule is COC(=O)c1cc(S(=O)(=O)NCCSc2nc3cc(Cl)ccc3s2)cc(C)c1C. The molecule has 0 atom stereocenters. The van der Waals surface area contributed by atoms with Gasteiger partial charge in [0.2, 0.25) is 10.0 Å². The van der Waals surface area contributed by atoms with Crippen molar-refractivity contribution in [3.8, 4) is 0 Å². The third kappa shape index (κ3) is 5.10. The topological polar surface area (TPSA) is 85.4 Å². The van der Waals surface area contributed by atoms with E-state index in [1.165, 1.54) is 36.3 Å². The van der Waals surface area contributed by atoms with Gasteiger partial charge in [-0.05, 0) is 55.3 Å². The van der Waals surface area contributed by atoms with E-state index in [2.05, 4.69) is 9.71 Å². The molecule has 1 heterocycles. The van der Waals surface area contributed by atoms with Gasteiger partial charge in [0.25, 0.3) is 0 Å². The third-order valence-electron chi connectivity index (χ3n) is 4.31. The molecule has 0 amide bonds. The van der Waals surface area contributed by atoms with Crippen LogP contribution in [0, 0.1) is 13.8 Å². The standard InChI is InChI=1S/C19H19ClN2O4S3/c1-11-8-14(10-15(12(11)2)18(23)26-3)29(24,25)21-6-7-27-19-22-16-9-13(20)4-5-17(16)28-19/h4-5,8-10,21H,6-7H2,1-3H3. The molecule has 2 aromatic carbocycles. The third-order valence-corrected chi connectivity index (χ3v) is 8.16. The van der Waals surface area contributed by atoms with Gasteiger partial charge in [0.05, 0.1) is 27.8 Å². The highest BCUT2D eigenvalue weighted by atomic mass is 35.5. The number of nitrogens with one attached hydrogen (secondary N) is 1. The molecule has 0 bridgehead atoms. The summed E-state index contributed by atoms with van der Waals surface area (Å²) in [5, 5.41) is 0.631. The largest absolute Gasteiger partial charge is 0.465 e. The highest BCUT2D eigenvalue weighted by Crippen LogP contribution is 2.30. The first kappa shape index (κ1) is 22.0. The lowest BCUT2D eigenvalue weighted by Gasteiger charge is -2.12. The number of thioether (sulfide) groups is 1. The molecule has 0 unspecified atom stereocenters. The van der Waals surface area contributed by atoms with Crippen molar-refractivity contribution in [2.24, 2.45) is 0 Å². The highest BCUT2D eigenvalue weighted by Gasteiger charge is 2.20. The lowest BCUT2D eigenvalue weighted by Crippen LogP contribution is -2.26. The Morgan fingerprint density at radius 3 is 2.76 bits per heavy atom. The molecular formula is C19H19ClN2O4S3. The number of esters is 1. The Morgan fingerprint density at radius 2 is 2.03 bits per heavy atom. The summed E-state index contributed by atoms with van der Waals surface area (Å²) in [7, 11) is -2.49. The van der Waals surface area contributed by atoms with Crippen LogP contribution < -0.4 is 4.72 Å². The second kappa shape index (κ2) is 9.01. The molecule has 29 heavy (non-hydrogen) atoms. The number of sulfonamides is 1. The van der Waals surface area contributed by atoms with Crippen LogP contribution in [-0.2, 0) is 14.8 Å². The van der Waals surface area contributed by atoms with Gasteiger partial charge in [-0.1, -0.05) is 23.4 Å². The smallest absolute Gasteiger partial charge is 0.338 e. The van der Waals surface area contributed by atoms with Crippen LogP contribution >= 0.6 is 34.7 Å². The summed E-state index contributed by atoms with van der Waals surface area (Å²) < 4.78 is 34.5. The predicted octanol–water partition coefficient (Wildman–Crippen LogP) is 4.42. The van der Waals surface area contributed by atoms with E-state index in [-0.39, 0.29) is 17.0 Å². The van der Waals surface area contributed by atoms with Gasteiger partial charge in [0.15, 0.2) is 4.34 Å². The van der Waals surface area contributed by atoms with Crippen molar-refractivity contribution in [2.45, 2.75) is 23.1 Å². The zero-order chi connectivity index (χ0) is 21.2. The number of carbonyl (C=O) groups is 1. The van der Waals surface area contributed by atoms with Gasteiger partial charge in [-0.3, -0.25) is 0 Å². The summed E-state index contributed by atoms with van der Waals surface area (Å²) in [6, 6.07) is 8.44. The minimum absolute atomic E-state index is 0.0422.